The van der Waals surface area contributed by atoms with Crippen molar-refractivity contribution in [1.29, 1.82) is 5.41 Å². The molecule has 1 spiro atoms. The molecule has 3 aliphatic rings. The van der Waals surface area contributed by atoms with Crippen LogP contribution in [0.5, 0.6) is 0 Å². The average Bonchev–Trinajstić information content (AvgIpc) is 3.82. The third kappa shape index (κ3) is 6.06. The van der Waals surface area contributed by atoms with E-state index in [1.165, 1.54) is 22.3 Å². The first-order chi connectivity index (χ1) is 21.5. The van der Waals surface area contributed by atoms with Crippen LogP contribution in [0.3, 0.4) is 0 Å². The quantitative estimate of drug-likeness (QED) is 0.207. The lowest BCUT2D eigenvalue weighted by molar-refractivity contribution is -0.152. The molecule has 3 atom stereocenters. The molecule has 2 fully saturated rings. The van der Waals surface area contributed by atoms with Gasteiger partial charge in [-0.1, -0.05) is 30.3 Å². The Hall–Kier alpha value is -4.24. The van der Waals surface area contributed by atoms with E-state index >= 15 is 0 Å². The summed E-state index contributed by atoms with van der Waals surface area (Å²) in [5.74, 6) is -2.64. The fourth-order valence-electron chi connectivity index (χ4n) is 6.05. The number of likely N-dealkylation sites (tertiary alicyclic amines) is 1. The minimum Gasteiger partial charge on any atom is -0.384 e. The van der Waals surface area contributed by atoms with Crippen molar-refractivity contribution in [2.24, 2.45) is 5.73 Å². The summed E-state index contributed by atoms with van der Waals surface area (Å²) in [5.41, 5.74) is 8.75. The summed E-state index contributed by atoms with van der Waals surface area (Å²) in [6, 6.07) is 12.1. The molecular formula is C31H31F2N5O6S. The Morgan fingerprint density at radius 3 is 2.56 bits per heavy atom. The number of hydrogen-bond donors (Lipinski definition) is 4. The summed E-state index contributed by atoms with van der Waals surface area (Å²) >= 11 is 1.36. The van der Waals surface area contributed by atoms with Crippen molar-refractivity contribution in [2.75, 3.05) is 26.3 Å². The third-order valence-corrected chi connectivity index (χ3v) is 9.33. The number of hydrogen-bond acceptors (Lipinski definition) is 8. The van der Waals surface area contributed by atoms with Crippen LogP contribution in [0.1, 0.15) is 57.4 Å². The second kappa shape index (κ2) is 12.3. The molecule has 0 saturated carbocycles. The number of rotatable bonds is 9. The number of carbonyl (C=O) groups excluding carboxylic acids is 3. The predicted octanol–water partition coefficient (Wildman–Crippen LogP) is 3.29. The number of fused-ring (bicyclic) bond motifs is 3. The van der Waals surface area contributed by atoms with Crippen molar-refractivity contribution < 1.29 is 37.4 Å². The smallest absolute Gasteiger partial charge is 0.346 e. The number of thiophene rings is 1. The first kappa shape index (κ1) is 30.8. The topological polar surface area (TPSA) is 156 Å². The van der Waals surface area contributed by atoms with Crippen molar-refractivity contribution in [3.8, 4) is 11.1 Å². The Bertz CT molecular complexity index is 1660. The van der Waals surface area contributed by atoms with Crippen molar-refractivity contribution in [3.63, 3.8) is 0 Å². The van der Waals surface area contributed by atoms with Crippen LogP contribution in [0.2, 0.25) is 0 Å². The highest BCUT2D eigenvalue weighted by Crippen LogP contribution is 2.46. The highest BCUT2D eigenvalue weighted by atomic mass is 32.1. The summed E-state index contributed by atoms with van der Waals surface area (Å²) in [5, 5.41) is 14.9. The molecule has 11 nitrogen and oxygen atoms in total. The molecular weight excluding hydrogens is 608 g/mol. The summed E-state index contributed by atoms with van der Waals surface area (Å²) < 4.78 is 42.8. The number of nitrogen functional groups attached to an aromatic ring is 1. The maximum atomic E-state index is 13.5. The van der Waals surface area contributed by atoms with Gasteiger partial charge < -0.3 is 35.5 Å². The van der Waals surface area contributed by atoms with Crippen LogP contribution < -0.4 is 16.4 Å². The second-order valence-corrected chi connectivity index (χ2v) is 12.0. The number of alkyl halides is 2. The number of nitrogens with one attached hydrogen (secondary N) is 3. The lowest BCUT2D eigenvalue weighted by Crippen LogP contribution is -2.49. The SMILES string of the molecule is C[C@@H](NC(=O)[C@@H]1CC2(CN1C(=O)CNC(=O)c1ccc3c(c1)-c1ccccc1C3OC(F)F)OCCO2)c1cc(C(=N)N)cs1. The molecule has 3 amide bonds. The van der Waals surface area contributed by atoms with E-state index in [4.69, 9.17) is 25.4 Å². The number of ether oxygens (including phenoxy) is 3. The van der Waals surface area contributed by atoms with Gasteiger partial charge in [-0.2, -0.15) is 8.78 Å². The molecule has 45 heavy (non-hydrogen) atoms. The van der Waals surface area contributed by atoms with Crippen LogP contribution in [0.15, 0.2) is 53.9 Å². The first-order valence-corrected chi connectivity index (χ1v) is 15.2. The average molecular weight is 640 g/mol. The molecule has 2 aliphatic heterocycles. The van der Waals surface area contributed by atoms with Crippen LogP contribution in [-0.2, 0) is 23.8 Å². The number of nitrogens with zero attached hydrogens (tertiary/aromatic N) is 1. The molecule has 6 rings (SSSR count). The van der Waals surface area contributed by atoms with Gasteiger partial charge in [-0.05, 0) is 47.4 Å². The summed E-state index contributed by atoms with van der Waals surface area (Å²) in [6.45, 7) is -0.898. The monoisotopic (exact) mass is 639 g/mol. The van der Waals surface area contributed by atoms with Crippen LogP contribution in [-0.4, -0.2) is 73.2 Å². The molecule has 0 bridgehead atoms. The zero-order chi connectivity index (χ0) is 31.9. The molecule has 2 aromatic carbocycles. The number of benzene rings is 2. The van der Waals surface area contributed by atoms with Crippen molar-refractivity contribution >= 4 is 34.9 Å². The second-order valence-electron chi connectivity index (χ2n) is 11.1. The van der Waals surface area contributed by atoms with E-state index in [2.05, 4.69) is 10.6 Å². The highest BCUT2D eigenvalue weighted by molar-refractivity contribution is 7.10. The van der Waals surface area contributed by atoms with Crippen LogP contribution >= 0.6 is 11.3 Å². The largest absolute Gasteiger partial charge is 0.384 e. The van der Waals surface area contributed by atoms with Gasteiger partial charge in [0.1, 0.15) is 18.0 Å². The minimum absolute atomic E-state index is 0.0167. The number of amides is 3. The van der Waals surface area contributed by atoms with Crippen molar-refractivity contribution in [3.05, 3.63) is 81.0 Å². The van der Waals surface area contributed by atoms with Gasteiger partial charge in [-0.15, -0.1) is 11.3 Å². The minimum atomic E-state index is -2.97. The van der Waals surface area contributed by atoms with Crippen molar-refractivity contribution in [2.45, 2.75) is 43.9 Å². The molecule has 0 radical (unpaired) electrons. The maximum absolute atomic E-state index is 13.5. The molecule has 14 heteroatoms. The lowest BCUT2D eigenvalue weighted by Gasteiger charge is -2.25. The zero-order valence-electron chi connectivity index (χ0n) is 24.2. The zero-order valence-corrected chi connectivity index (χ0v) is 25.0. The molecule has 2 saturated heterocycles. The number of nitrogens with two attached hydrogens (primary N) is 1. The lowest BCUT2D eigenvalue weighted by atomic mass is 10.0. The Morgan fingerprint density at radius 1 is 1.11 bits per heavy atom. The van der Waals surface area contributed by atoms with Crippen LogP contribution in [0, 0.1) is 5.41 Å². The number of amidine groups is 1. The first-order valence-electron chi connectivity index (χ1n) is 14.3. The van der Waals surface area contributed by atoms with Gasteiger partial charge in [0.05, 0.1) is 32.3 Å². The van der Waals surface area contributed by atoms with Gasteiger partial charge in [-0.3, -0.25) is 19.8 Å². The normalized spacial score (nSPS) is 20.2. The predicted molar refractivity (Wildman–Crippen MR) is 160 cm³/mol. The Labute approximate surface area is 261 Å². The maximum Gasteiger partial charge on any atom is 0.346 e. The summed E-state index contributed by atoms with van der Waals surface area (Å²) in [6.07, 6.45) is -0.834. The van der Waals surface area contributed by atoms with Gasteiger partial charge in [0.25, 0.3) is 5.91 Å². The number of halogens is 2. The van der Waals surface area contributed by atoms with E-state index in [0.29, 0.717) is 41.0 Å². The Kier molecular flexibility index (Phi) is 8.39. The Morgan fingerprint density at radius 2 is 1.84 bits per heavy atom. The van der Waals surface area contributed by atoms with E-state index in [0.717, 1.165) is 4.88 Å². The summed E-state index contributed by atoms with van der Waals surface area (Å²) in [4.78, 5) is 42.2. The molecule has 236 valence electrons. The van der Waals surface area contributed by atoms with E-state index in [1.807, 2.05) is 0 Å². The van der Waals surface area contributed by atoms with E-state index in [9.17, 15) is 23.2 Å². The molecule has 1 aliphatic carbocycles. The van der Waals surface area contributed by atoms with Gasteiger partial charge in [0.2, 0.25) is 11.8 Å². The summed E-state index contributed by atoms with van der Waals surface area (Å²) in [7, 11) is 0. The van der Waals surface area contributed by atoms with Gasteiger partial charge in [0.15, 0.2) is 5.79 Å². The van der Waals surface area contributed by atoms with Crippen molar-refractivity contribution in [1.82, 2.24) is 15.5 Å². The van der Waals surface area contributed by atoms with E-state index in [-0.39, 0.29) is 24.4 Å². The highest BCUT2D eigenvalue weighted by Gasteiger charge is 2.52. The third-order valence-electron chi connectivity index (χ3n) is 8.22. The van der Waals surface area contributed by atoms with Crippen LogP contribution in [0.25, 0.3) is 11.1 Å². The molecule has 3 heterocycles. The van der Waals surface area contributed by atoms with E-state index in [1.54, 1.807) is 54.8 Å². The molecule has 1 aromatic heterocycles. The molecule has 3 aromatic rings. The fraction of sp³-hybridized carbons (Fsp3) is 0.355. The van der Waals surface area contributed by atoms with Gasteiger partial charge in [-0.25, -0.2) is 0 Å². The Balaban J connectivity index is 1.14. The fourth-order valence-corrected chi connectivity index (χ4v) is 6.97. The standard InChI is InChI=1S/C31H31F2N5O6S/c1-16(24-11-18(14-45-24)27(34)35)37-29(41)23-12-31(42-8-9-43-31)15-38(23)25(39)13-36-28(40)17-6-7-21-22(10-17)19-4-2-3-5-20(19)26(21)44-30(32)33/h2-7,10-11,14,16,23,26,30H,8-9,12-13,15H2,1H3,(H3,34,35)(H,36,40)(H,37,41)/t16-,23+,26?/m1/s1. The van der Waals surface area contributed by atoms with E-state index < -0.39 is 54.9 Å². The molecule has 1 unspecified atom stereocenters. The number of carbonyl (C=O) groups is 3. The van der Waals surface area contributed by atoms with Gasteiger partial charge >= 0.3 is 6.61 Å². The van der Waals surface area contributed by atoms with Crippen LogP contribution in [0.4, 0.5) is 8.78 Å². The van der Waals surface area contributed by atoms with Gasteiger partial charge in [0, 0.05) is 27.8 Å². The molecule has 5 N–H and O–H groups in total.